The van der Waals surface area contributed by atoms with E-state index in [1.807, 2.05) is 88.2 Å². The van der Waals surface area contributed by atoms with Crippen molar-refractivity contribution in [3.05, 3.63) is 59.7 Å². The molecule has 39 heavy (non-hydrogen) atoms. The summed E-state index contributed by atoms with van der Waals surface area (Å²) in [6.45, 7) is 10.8. The van der Waals surface area contributed by atoms with Crippen LogP contribution in [0.3, 0.4) is 0 Å². The van der Waals surface area contributed by atoms with E-state index in [1.165, 1.54) is 12.8 Å². The van der Waals surface area contributed by atoms with Crippen molar-refractivity contribution >= 4 is 41.5 Å². The fourth-order valence-corrected chi connectivity index (χ4v) is 4.90. The molecule has 2 N–H and O–H groups in total. The minimum absolute atomic E-state index is 0. The van der Waals surface area contributed by atoms with E-state index in [-0.39, 0.29) is 54.4 Å². The molecule has 214 valence electrons. The molecule has 0 unspecified atom stereocenters. The Bertz CT molecular complexity index is 1100. The average molecular weight is 557 g/mol. The van der Waals surface area contributed by atoms with Gasteiger partial charge in [0.2, 0.25) is 17.7 Å². The van der Waals surface area contributed by atoms with Gasteiger partial charge in [0.15, 0.2) is 0 Å². The lowest BCUT2D eigenvalue weighted by molar-refractivity contribution is -0.131. The van der Waals surface area contributed by atoms with Gasteiger partial charge in [-0.2, -0.15) is 0 Å². The summed E-state index contributed by atoms with van der Waals surface area (Å²) in [7, 11) is 1.85. The lowest BCUT2D eigenvalue weighted by Crippen LogP contribution is -2.39. The number of para-hydroxylation sites is 1. The zero-order chi connectivity index (χ0) is 27.7. The molecule has 1 heterocycles. The number of likely N-dealkylation sites (tertiary alicyclic amines) is 1. The van der Waals surface area contributed by atoms with Crippen LogP contribution in [-0.4, -0.2) is 54.2 Å². The summed E-state index contributed by atoms with van der Waals surface area (Å²) in [4.78, 5) is 42.6. The molecule has 3 amide bonds. The van der Waals surface area contributed by atoms with Gasteiger partial charge in [-0.1, -0.05) is 58.0 Å². The molecule has 3 rings (SSSR count). The van der Waals surface area contributed by atoms with Crippen LogP contribution in [0.15, 0.2) is 48.5 Å². The SMILES string of the molecule is CC(C)CC(=O)Nc1cccc([C@@H](CN2CCCC2)N(C)C(=O)Cc2ccccc2NC(=O)CC(C)C)c1.Cl. The minimum Gasteiger partial charge on any atom is -0.337 e. The largest absolute Gasteiger partial charge is 0.337 e. The Morgan fingerprint density at radius 1 is 0.872 bits per heavy atom. The smallest absolute Gasteiger partial charge is 0.227 e. The van der Waals surface area contributed by atoms with Gasteiger partial charge >= 0.3 is 0 Å². The van der Waals surface area contributed by atoms with Crippen molar-refractivity contribution in [2.75, 3.05) is 37.3 Å². The Balaban J connectivity index is 0.00000533. The number of carbonyl (C=O) groups excluding carboxylic acids is 3. The Morgan fingerprint density at radius 2 is 1.49 bits per heavy atom. The Morgan fingerprint density at radius 3 is 2.13 bits per heavy atom. The third-order valence-electron chi connectivity index (χ3n) is 6.87. The number of halogens is 1. The predicted octanol–water partition coefficient (Wildman–Crippen LogP) is 5.92. The molecule has 0 saturated carbocycles. The number of hydrogen-bond donors (Lipinski definition) is 2. The number of hydrogen-bond acceptors (Lipinski definition) is 4. The van der Waals surface area contributed by atoms with Crippen molar-refractivity contribution in [3.63, 3.8) is 0 Å². The first-order valence-corrected chi connectivity index (χ1v) is 13.9. The summed E-state index contributed by atoms with van der Waals surface area (Å²) in [5.41, 5.74) is 3.23. The normalized spacial score (nSPS) is 14.1. The van der Waals surface area contributed by atoms with E-state index in [0.29, 0.717) is 18.5 Å². The van der Waals surface area contributed by atoms with Crippen LogP contribution in [0.25, 0.3) is 0 Å². The number of rotatable bonds is 12. The summed E-state index contributed by atoms with van der Waals surface area (Å²) in [5.74, 6) is 0.467. The Kier molecular flexibility index (Phi) is 13.0. The van der Waals surface area contributed by atoms with Crippen molar-refractivity contribution in [1.29, 1.82) is 0 Å². The number of nitrogens with zero attached hydrogens (tertiary/aromatic N) is 2. The molecule has 1 aliphatic heterocycles. The van der Waals surface area contributed by atoms with Crippen LogP contribution < -0.4 is 10.6 Å². The van der Waals surface area contributed by atoms with Crippen molar-refractivity contribution in [1.82, 2.24) is 9.80 Å². The molecule has 8 heteroatoms. The van der Waals surface area contributed by atoms with Crippen LogP contribution in [-0.2, 0) is 20.8 Å². The van der Waals surface area contributed by atoms with Crippen molar-refractivity contribution in [3.8, 4) is 0 Å². The summed E-state index contributed by atoms with van der Waals surface area (Å²) >= 11 is 0. The third kappa shape index (κ3) is 10.3. The molecular formula is C31H45ClN4O3. The second kappa shape index (κ2) is 15.6. The van der Waals surface area contributed by atoms with Gasteiger partial charge in [0, 0.05) is 37.8 Å². The van der Waals surface area contributed by atoms with E-state index in [2.05, 4.69) is 15.5 Å². The number of carbonyl (C=O) groups is 3. The molecule has 1 atom stereocenters. The van der Waals surface area contributed by atoms with Crippen LogP contribution in [0.1, 0.15) is 70.5 Å². The van der Waals surface area contributed by atoms with Gasteiger partial charge in [0.1, 0.15) is 0 Å². The van der Waals surface area contributed by atoms with E-state index in [9.17, 15) is 14.4 Å². The van der Waals surface area contributed by atoms with E-state index in [0.717, 1.165) is 36.4 Å². The van der Waals surface area contributed by atoms with Gasteiger partial charge in [0.25, 0.3) is 0 Å². The average Bonchev–Trinajstić information content (AvgIpc) is 3.36. The highest BCUT2D eigenvalue weighted by Crippen LogP contribution is 2.27. The lowest BCUT2D eigenvalue weighted by atomic mass is 10.0. The van der Waals surface area contributed by atoms with Gasteiger partial charge in [-0.05, 0) is 67.1 Å². The molecule has 0 aromatic heterocycles. The number of nitrogens with one attached hydrogen (secondary N) is 2. The van der Waals surface area contributed by atoms with Crippen LogP contribution in [0.5, 0.6) is 0 Å². The van der Waals surface area contributed by atoms with E-state index in [1.54, 1.807) is 0 Å². The molecule has 7 nitrogen and oxygen atoms in total. The fraction of sp³-hybridized carbons (Fsp3) is 0.516. The molecule has 0 bridgehead atoms. The number of likely N-dealkylation sites (N-methyl/N-ethyl adjacent to an activating group) is 1. The Hall–Kier alpha value is -2.90. The first kappa shape index (κ1) is 32.3. The van der Waals surface area contributed by atoms with Gasteiger partial charge in [-0.25, -0.2) is 0 Å². The summed E-state index contributed by atoms with van der Waals surface area (Å²) < 4.78 is 0. The Labute approximate surface area is 240 Å². The van der Waals surface area contributed by atoms with Crippen molar-refractivity contribution in [2.45, 2.75) is 65.8 Å². The van der Waals surface area contributed by atoms with E-state index < -0.39 is 0 Å². The van der Waals surface area contributed by atoms with Crippen molar-refractivity contribution in [2.24, 2.45) is 11.8 Å². The monoisotopic (exact) mass is 556 g/mol. The van der Waals surface area contributed by atoms with Crippen molar-refractivity contribution < 1.29 is 14.4 Å². The van der Waals surface area contributed by atoms with Gasteiger partial charge < -0.3 is 20.4 Å². The molecule has 2 aromatic rings. The quantitative estimate of drug-likeness (QED) is 0.340. The highest BCUT2D eigenvalue weighted by Gasteiger charge is 2.26. The van der Waals surface area contributed by atoms with Crippen LogP contribution in [0.2, 0.25) is 0 Å². The second-order valence-electron chi connectivity index (χ2n) is 11.3. The highest BCUT2D eigenvalue weighted by molar-refractivity contribution is 5.93. The maximum Gasteiger partial charge on any atom is 0.227 e. The first-order chi connectivity index (χ1) is 18.1. The minimum atomic E-state index is -0.162. The van der Waals surface area contributed by atoms with Crippen LogP contribution >= 0.6 is 12.4 Å². The number of benzene rings is 2. The molecule has 1 aliphatic rings. The number of anilines is 2. The predicted molar refractivity (Wildman–Crippen MR) is 161 cm³/mol. The standard InChI is InChI=1S/C31H44N4O3.ClH/c1-22(2)17-29(36)32-26-13-10-12-25(19-26)28(21-35-15-8-9-16-35)34(5)31(38)20-24-11-6-7-14-27(24)33-30(37)18-23(3)4;/h6-7,10-14,19,22-23,28H,8-9,15-18,20-21H2,1-5H3,(H,32,36)(H,33,37);1H/t28-;/m1./s1. The molecule has 0 spiro atoms. The molecular weight excluding hydrogens is 512 g/mol. The molecule has 1 saturated heterocycles. The fourth-order valence-electron chi connectivity index (χ4n) is 4.90. The van der Waals surface area contributed by atoms with Gasteiger partial charge in [-0.3, -0.25) is 14.4 Å². The van der Waals surface area contributed by atoms with E-state index >= 15 is 0 Å². The van der Waals surface area contributed by atoms with E-state index in [4.69, 9.17) is 0 Å². The maximum atomic E-state index is 13.6. The highest BCUT2D eigenvalue weighted by atomic mass is 35.5. The third-order valence-corrected chi connectivity index (χ3v) is 6.87. The molecule has 2 aromatic carbocycles. The second-order valence-corrected chi connectivity index (χ2v) is 11.3. The topological polar surface area (TPSA) is 81.8 Å². The molecule has 0 aliphatic carbocycles. The molecule has 0 radical (unpaired) electrons. The summed E-state index contributed by atoms with van der Waals surface area (Å²) in [5, 5.41) is 6.00. The van der Waals surface area contributed by atoms with Gasteiger partial charge in [-0.15, -0.1) is 12.4 Å². The maximum absolute atomic E-state index is 13.6. The first-order valence-electron chi connectivity index (χ1n) is 13.9. The zero-order valence-corrected chi connectivity index (χ0v) is 24.9. The van der Waals surface area contributed by atoms with Crippen LogP contribution in [0, 0.1) is 11.8 Å². The van der Waals surface area contributed by atoms with Crippen LogP contribution in [0.4, 0.5) is 11.4 Å². The van der Waals surface area contributed by atoms with Gasteiger partial charge in [0.05, 0.1) is 12.5 Å². The lowest BCUT2D eigenvalue weighted by Gasteiger charge is -2.32. The summed E-state index contributed by atoms with van der Waals surface area (Å²) in [6.07, 6.45) is 3.42. The summed E-state index contributed by atoms with van der Waals surface area (Å²) in [6, 6.07) is 15.2. The zero-order valence-electron chi connectivity index (χ0n) is 24.0. The molecule has 1 fully saturated rings. The number of amides is 3.